The van der Waals surface area contributed by atoms with E-state index >= 15 is 0 Å². The van der Waals surface area contributed by atoms with Crippen LogP contribution < -0.4 is 10.6 Å². The van der Waals surface area contributed by atoms with E-state index in [9.17, 15) is 0 Å². The van der Waals surface area contributed by atoms with Gasteiger partial charge in [0.1, 0.15) is 17.5 Å². The first-order valence-electron chi connectivity index (χ1n) is 7.56. The van der Waals surface area contributed by atoms with E-state index in [4.69, 9.17) is 10.7 Å². The van der Waals surface area contributed by atoms with Gasteiger partial charge in [0.05, 0.1) is 0 Å². The van der Waals surface area contributed by atoms with Crippen molar-refractivity contribution in [3.05, 3.63) is 11.4 Å². The number of anilines is 2. The van der Waals surface area contributed by atoms with Gasteiger partial charge in [0.15, 0.2) is 0 Å². The van der Waals surface area contributed by atoms with Crippen LogP contribution in [0.5, 0.6) is 0 Å². The maximum atomic E-state index is 6.09. The first-order chi connectivity index (χ1) is 9.52. The van der Waals surface area contributed by atoms with Crippen LogP contribution in [0, 0.1) is 6.92 Å². The normalized spacial score (nSPS) is 14.8. The largest absolute Gasteiger partial charge is 0.383 e. The van der Waals surface area contributed by atoms with Gasteiger partial charge in [-0.3, -0.25) is 0 Å². The van der Waals surface area contributed by atoms with Crippen LogP contribution in [0.2, 0.25) is 0 Å². The number of likely N-dealkylation sites (N-methyl/N-ethyl adjacent to an activating group) is 1. The Kier molecular flexibility index (Phi) is 4.81. The molecule has 112 valence electrons. The lowest BCUT2D eigenvalue weighted by Crippen LogP contribution is -2.34. The topological polar surface area (TPSA) is 58.3 Å². The molecule has 1 aromatic heterocycles. The van der Waals surface area contributed by atoms with Gasteiger partial charge in [-0.1, -0.05) is 6.92 Å². The molecule has 0 radical (unpaired) electrons. The van der Waals surface area contributed by atoms with Crippen molar-refractivity contribution in [2.75, 3.05) is 44.4 Å². The van der Waals surface area contributed by atoms with Crippen LogP contribution in [0.3, 0.4) is 0 Å². The predicted molar refractivity (Wildman–Crippen MR) is 84.2 cm³/mol. The zero-order valence-electron chi connectivity index (χ0n) is 13.2. The van der Waals surface area contributed by atoms with Crippen molar-refractivity contribution in [3.63, 3.8) is 0 Å². The van der Waals surface area contributed by atoms with Crippen molar-refractivity contribution in [1.29, 1.82) is 0 Å². The molecule has 1 saturated carbocycles. The Morgan fingerprint density at radius 1 is 1.15 bits per heavy atom. The molecule has 0 saturated heterocycles. The second-order valence-corrected chi connectivity index (χ2v) is 5.98. The molecule has 0 aromatic carbocycles. The molecular weight excluding hydrogens is 250 g/mol. The van der Waals surface area contributed by atoms with Crippen LogP contribution in [0.25, 0.3) is 0 Å². The third-order valence-electron chi connectivity index (χ3n) is 3.73. The average molecular weight is 277 g/mol. The van der Waals surface area contributed by atoms with Gasteiger partial charge in [-0.15, -0.1) is 0 Å². The Hall–Kier alpha value is -1.36. The Labute approximate surface area is 122 Å². The number of nitrogen functional groups attached to an aromatic ring is 1. The summed E-state index contributed by atoms with van der Waals surface area (Å²) in [6.45, 7) is 7.23. The molecule has 20 heavy (non-hydrogen) atoms. The third kappa shape index (κ3) is 3.60. The van der Waals surface area contributed by atoms with E-state index in [2.05, 4.69) is 35.8 Å². The van der Waals surface area contributed by atoms with Crippen LogP contribution in [-0.4, -0.2) is 48.6 Å². The second kappa shape index (κ2) is 6.39. The van der Waals surface area contributed by atoms with Gasteiger partial charge < -0.3 is 15.5 Å². The lowest BCUT2D eigenvalue weighted by molar-refractivity contribution is 0.412. The van der Waals surface area contributed by atoms with Gasteiger partial charge >= 0.3 is 0 Å². The molecule has 0 bridgehead atoms. The van der Waals surface area contributed by atoms with Gasteiger partial charge in [-0.05, 0) is 40.3 Å². The molecule has 1 fully saturated rings. The minimum Gasteiger partial charge on any atom is -0.383 e. The van der Waals surface area contributed by atoms with Crippen LogP contribution in [0.4, 0.5) is 11.6 Å². The van der Waals surface area contributed by atoms with Crippen molar-refractivity contribution in [1.82, 2.24) is 14.9 Å². The molecule has 1 heterocycles. The van der Waals surface area contributed by atoms with E-state index < -0.39 is 0 Å². The van der Waals surface area contributed by atoms with Crippen molar-refractivity contribution >= 4 is 11.6 Å². The first kappa shape index (κ1) is 15.0. The molecule has 1 aliphatic rings. The van der Waals surface area contributed by atoms with E-state index in [1.54, 1.807) is 0 Å². The van der Waals surface area contributed by atoms with Crippen LogP contribution in [0.1, 0.15) is 43.5 Å². The molecule has 2 rings (SSSR count). The molecule has 0 aliphatic heterocycles. The van der Waals surface area contributed by atoms with Gasteiger partial charge in [0, 0.05) is 31.1 Å². The summed E-state index contributed by atoms with van der Waals surface area (Å²) in [7, 11) is 4.20. The Morgan fingerprint density at radius 2 is 1.85 bits per heavy atom. The third-order valence-corrected chi connectivity index (χ3v) is 3.73. The lowest BCUT2D eigenvalue weighted by Gasteiger charge is -2.27. The summed E-state index contributed by atoms with van der Waals surface area (Å²) in [6.07, 6.45) is 3.51. The summed E-state index contributed by atoms with van der Waals surface area (Å²) < 4.78 is 0. The molecule has 1 aliphatic carbocycles. The van der Waals surface area contributed by atoms with Crippen molar-refractivity contribution in [3.8, 4) is 0 Å². The minimum atomic E-state index is 0.536. The molecule has 0 unspecified atom stereocenters. The number of hydrogen-bond acceptors (Lipinski definition) is 5. The molecule has 2 N–H and O–H groups in total. The van der Waals surface area contributed by atoms with Gasteiger partial charge in [0.25, 0.3) is 0 Å². The number of rotatable bonds is 7. The Bertz CT molecular complexity index is 454. The zero-order valence-corrected chi connectivity index (χ0v) is 13.2. The fourth-order valence-electron chi connectivity index (χ4n) is 2.29. The molecule has 5 nitrogen and oxygen atoms in total. The van der Waals surface area contributed by atoms with E-state index in [-0.39, 0.29) is 0 Å². The van der Waals surface area contributed by atoms with Crippen LogP contribution >= 0.6 is 0 Å². The van der Waals surface area contributed by atoms with Gasteiger partial charge in [-0.2, -0.15) is 0 Å². The Balaban J connectivity index is 2.25. The van der Waals surface area contributed by atoms with Crippen LogP contribution in [-0.2, 0) is 0 Å². The summed E-state index contributed by atoms with van der Waals surface area (Å²) >= 11 is 0. The van der Waals surface area contributed by atoms with E-state index in [0.29, 0.717) is 11.7 Å². The van der Waals surface area contributed by atoms with Gasteiger partial charge in [-0.25, -0.2) is 9.97 Å². The fourth-order valence-corrected chi connectivity index (χ4v) is 2.29. The average Bonchev–Trinajstić information content (AvgIpc) is 3.22. The number of nitrogens with two attached hydrogens (primary N) is 1. The van der Waals surface area contributed by atoms with Crippen molar-refractivity contribution in [2.45, 2.75) is 39.0 Å². The SMILES string of the molecule is CCCN(CCN(C)C)c1nc(C2CC2)nc(N)c1C. The monoisotopic (exact) mass is 277 g/mol. The Morgan fingerprint density at radius 3 is 2.40 bits per heavy atom. The van der Waals surface area contributed by atoms with Crippen LogP contribution in [0.15, 0.2) is 0 Å². The second-order valence-electron chi connectivity index (χ2n) is 5.98. The summed E-state index contributed by atoms with van der Waals surface area (Å²) in [4.78, 5) is 13.8. The minimum absolute atomic E-state index is 0.536. The quantitative estimate of drug-likeness (QED) is 0.826. The highest BCUT2D eigenvalue weighted by Gasteiger charge is 2.28. The molecule has 5 heteroatoms. The smallest absolute Gasteiger partial charge is 0.137 e. The first-order valence-corrected chi connectivity index (χ1v) is 7.56. The summed E-state index contributed by atoms with van der Waals surface area (Å²) in [6, 6.07) is 0. The summed E-state index contributed by atoms with van der Waals surface area (Å²) in [5, 5.41) is 0. The maximum absolute atomic E-state index is 6.09. The van der Waals surface area contributed by atoms with E-state index in [1.807, 2.05) is 6.92 Å². The highest BCUT2D eigenvalue weighted by molar-refractivity contribution is 5.56. The molecule has 0 spiro atoms. The zero-order chi connectivity index (χ0) is 14.7. The lowest BCUT2D eigenvalue weighted by atomic mass is 10.2. The summed E-state index contributed by atoms with van der Waals surface area (Å²) in [5.74, 6) is 3.15. The maximum Gasteiger partial charge on any atom is 0.137 e. The highest BCUT2D eigenvalue weighted by atomic mass is 15.2. The summed E-state index contributed by atoms with van der Waals surface area (Å²) in [5.41, 5.74) is 7.10. The number of hydrogen-bond donors (Lipinski definition) is 1. The molecule has 0 amide bonds. The van der Waals surface area contributed by atoms with Crippen molar-refractivity contribution < 1.29 is 0 Å². The van der Waals surface area contributed by atoms with E-state index in [0.717, 1.165) is 43.3 Å². The fraction of sp³-hybridized carbons (Fsp3) is 0.733. The molecular formula is C15H27N5. The van der Waals surface area contributed by atoms with Crippen molar-refractivity contribution in [2.24, 2.45) is 0 Å². The van der Waals surface area contributed by atoms with E-state index in [1.165, 1.54) is 12.8 Å². The standard InChI is InChI=1S/C15H27N5/c1-5-8-20(10-9-19(3)4)15-11(2)13(16)17-14(18-15)12-6-7-12/h12H,5-10H2,1-4H3,(H2,16,17,18). The number of nitrogens with zero attached hydrogens (tertiary/aromatic N) is 4. The highest BCUT2D eigenvalue weighted by Crippen LogP contribution is 2.39. The predicted octanol–water partition coefficient (Wildman–Crippen LogP) is 2.02. The molecule has 1 aromatic rings. The number of aromatic nitrogens is 2. The molecule has 0 atom stereocenters. The van der Waals surface area contributed by atoms with Gasteiger partial charge in [0.2, 0.25) is 0 Å².